The van der Waals surface area contributed by atoms with Gasteiger partial charge in [-0.3, -0.25) is 0 Å². The first kappa shape index (κ1) is 15.3. The molecule has 0 radical (unpaired) electrons. The average molecular weight is 266 g/mol. The van der Waals surface area contributed by atoms with Gasteiger partial charge in [0.05, 0.1) is 0 Å². The van der Waals surface area contributed by atoms with E-state index in [1.807, 2.05) is 0 Å². The van der Waals surface area contributed by atoms with Gasteiger partial charge in [-0.25, -0.2) is 0 Å². The zero-order chi connectivity index (χ0) is 13.9. The molecule has 0 bridgehead atoms. The largest absolute Gasteiger partial charge is 0.319 e. The van der Waals surface area contributed by atoms with Gasteiger partial charge in [0.2, 0.25) is 0 Å². The molecule has 0 aliphatic heterocycles. The molecule has 2 nitrogen and oxygen atoms in total. The van der Waals surface area contributed by atoms with Crippen LogP contribution in [-0.2, 0) is 0 Å². The maximum Gasteiger partial charge on any atom is 0.00531 e. The molecule has 0 aromatic carbocycles. The van der Waals surface area contributed by atoms with E-state index in [-0.39, 0.29) is 0 Å². The van der Waals surface area contributed by atoms with Gasteiger partial charge < -0.3 is 10.2 Å². The molecule has 2 saturated carbocycles. The van der Waals surface area contributed by atoms with Crippen molar-refractivity contribution in [1.82, 2.24) is 10.2 Å². The molecule has 2 heteroatoms. The molecule has 1 N–H and O–H groups in total. The molecular weight excluding hydrogens is 232 g/mol. The van der Waals surface area contributed by atoms with Gasteiger partial charge >= 0.3 is 0 Å². The topological polar surface area (TPSA) is 15.3 Å². The highest BCUT2D eigenvalue weighted by Gasteiger charge is 2.37. The van der Waals surface area contributed by atoms with Crippen molar-refractivity contribution < 1.29 is 0 Å². The molecule has 0 aromatic heterocycles. The summed E-state index contributed by atoms with van der Waals surface area (Å²) >= 11 is 0. The third-order valence-electron chi connectivity index (χ3n) is 5.20. The number of hydrogen-bond donors (Lipinski definition) is 1. The van der Waals surface area contributed by atoms with E-state index in [2.05, 4.69) is 38.0 Å². The first-order valence-corrected chi connectivity index (χ1v) is 8.43. The first-order valence-electron chi connectivity index (χ1n) is 8.43. The maximum atomic E-state index is 3.49. The Morgan fingerprint density at radius 3 is 2.53 bits per heavy atom. The van der Waals surface area contributed by atoms with Crippen LogP contribution in [0.3, 0.4) is 0 Å². The lowest BCUT2D eigenvalue weighted by atomic mass is 9.69. The number of hydrogen-bond acceptors (Lipinski definition) is 2. The smallest absolute Gasteiger partial charge is 0.00531 e. The highest BCUT2D eigenvalue weighted by Crippen LogP contribution is 2.41. The maximum absolute atomic E-state index is 3.49. The van der Waals surface area contributed by atoms with Crippen LogP contribution < -0.4 is 5.32 Å². The first-order chi connectivity index (χ1) is 9.04. The summed E-state index contributed by atoms with van der Waals surface area (Å²) in [5.41, 5.74) is 0.533. The average Bonchev–Trinajstić information content (AvgIpc) is 3.12. The van der Waals surface area contributed by atoms with E-state index in [1.54, 1.807) is 0 Å². The van der Waals surface area contributed by atoms with Crippen molar-refractivity contribution in [1.29, 1.82) is 0 Å². The summed E-state index contributed by atoms with van der Waals surface area (Å²) in [6.45, 7) is 11.1. The molecule has 2 aliphatic rings. The lowest BCUT2D eigenvalue weighted by molar-refractivity contribution is 0.0637. The van der Waals surface area contributed by atoms with Crippen molar-refractivity contribution in [2.45, 2.75) is 65.3 Å². The number of nitrogens with one attached hydrogen (secondary N) is 1. The predicted octanol–water partition coefficient (Wildman–Crippen LogP) is 3.52. The van der Waals surface area contributed by atoms with Crippen LogP contribution in [0.1, 0.15) is 59.3 Å². The van der Waals surface area contributed by atoms with Gasteiger partial charge in [0.25, 0.3) is 0 Å². The lowest BCUT2D eigenvalue weighted by Gasteiger charge is -2.44. The van der Waals surface area contributed by atoms with Crippen LogP contribution in [0.15, 0.2) is 0 Å². The van der Waals surface area contributed by atoms with E-state index in [4.69, 9.17) is 0 Å². The van der Waals surface area contributed by atoms with Crippen LogP contribution in [0.2, 0.25) is 0 Å². The van der Waals surface area contributed by atoms with Crippen LogP contribution in [0.4, 0.5) is 0 Å². The Hall–Kier alpha value is -0.0800. The second kappa shape index (κ2) is 6.58. The fourth-order valence-electron chi connectivity index (χ4n) is 4.02. The molecule has 2 fully saturated rings. The Balaban J connectivity index is 1.99. The van der Waals surface area contributed by atoms with Crippen molar-refractivity contribution in [3.05, 3.63) is 0 Å². The van der Waals surface area contributed by atoms with Crippen LogP contribution in [0.5, 0.6) is 0 Å². The highest BCUT2D eigenvalue weighted by atomic mass is 15.2. The monoisotopic (exact) mass is 266 g/mol. The number of nitrogens with zero attached hydrogens (tertiary/aromatic N) is 1. The normalized spacial score (nSPS) is 32.2. The summed E-state index contributed by atoms with van der Waals surface area (Å²) in [6.07, 6.45) is 8.65. The Bertz CT molecular complexity index is 268. The summed E-state index contributed by atoms with van der Waals surface area (Å²) in [6, 6.07) is 0.701. The molecule has 2 rings (SSSR count). The van der Waals surface area contributed by atoms with Gasteiger partial charge in [-0.1, -0.05) is 19.8 Å². The standard InChI is InChI=1S/C17H34N2/c1-14(2)19(11-16-7-8-16)13-17(12-18-4)9-5-6-15(3)10-17/h14-16,18H,5-13H2,1-4H3. The molecule has 0 amide bonds. The van der Waals surface area contributed by atoms with Gasteiger partial charge in [-0.2, -0.15) is 0 Å². The van der Waals surface area contributed by atoms with Crippen molar-refractivity contribution in [2.24, 2.45) is 17.3 Å². The highest BCUT2D eigenvalue weighted by molar-refractivity contribution is 4.91. The van der Waals surface area contributed by atoms with Crippen molar-refractivity contribution in [3.63, 3.8) is 0 Å². The Kier molecular flexibility index (Phi) is 5.30. The van der Waals surface area contributed by atoms with E-state index in [9.17, 15) is 0 Å². The molecule has 0 aromatic rings. The van der Waals surface area contributed by atoms with E-state index in [0.717, 1.165) is 11.8 Å². The summed E-state index contributed by atoms with van der Waals surface area (Å²) in [5, 5.41) is 3.49. The third-order valence-corrected chi connectivity index (χ3v) is 5.20. The molecular formula is C17H34N2. The summed E-state index contributed by atoms with van der Waals surface area (Å²) in [7, 11) is 2.13. The van der Waals surface area contributed by atoms with Gasteiger partial charge in [0.15, 0.2) is 0 Å². The lowest BCUT2D eigenvalue weighted by Crippen LogP contribution is -2.48. The van der Waals surface area contributed by atoms with Gasteiger partial charge in [0.1, 0.15) is 0 Å². The van der Waals surface area contributed by atoms with Crippen LogP contribution in [0, 0.1) is 17.3 Å². The summed E-state index contributed by atoms with van der Waals surface area (Å²) < 4.78 is 0. The molecule has 0 spiro atoms. The fraction of sp³-hybridized carbons (Fsp3) is 1.00. The van der Waals surface area contributed by atoms with Gasteiger partial charge in [-0.05, 0) is 63.8 Å². The Morgan fingerprint density at radius 2 is 2.00 bits per heavy atom. The second-order valence-corrected chi connectivity index (χ2v) is 7.70. The van der Waals surface area contributed by atoms with Crippen molar-refractivity contribution >= 4 is 0 Å². The minimum absolute atomic E-state index is 0.533. The molecule has 112 valence electrons. The van der Waals surface area contributed by atoms with Crippen LogP contribution >= 0.6 is 0 Å². The van der Waals surface area contributed by atoms with Crippen molar-refractivity contribution in [3.8, 4) is 0 Å². The number of rotatable bonds is 7. The fourth-order valence-corrected chi connectivity index (χ4v) is 4.02. The van der Waals surface area contributed by atoms with Crippen LogP contribution in [0.25, 0.3) is 0 Å². The van der Waals surface area contributed by atoms with Gasteiger partial charge in [0, 0.05) is 25.7 Å². The van der Waals surface area contributed by atoms with Crippen molar-refractivity contribution in [2.75, 3.05) is 26.7 Å². The zero-order valence-electron chi connectivity index (χ0n) is 13.5. The van der Waals surface area contributed by atoms with E-state index >= 15 is 0 Å². The molecule has 19 heavy (non-hydrogen) atoms. The predicted molar refractivity (Wildman–Crippen MR) is 83.4 cm³/mol. The Labute approximate surface area is 120 Å². The quantitative estimate of drug-likeness (QED) is 0.758. The van der Waals surface area contributed by atoms with Crippen LogP contribution in [-0.4, -0.2) is 37.6 Å². The van der Waals surface area contributed by atoms with E-state index < -0.39 is 0 Å². The molecule has 2 unspecified atom stereocenters. The Morgan fingerprint density at radius 1 is 1.26 bits per heavy atom. The molecule has 0 heterocycles. The third kappa shape index (κ3) is 4.46. The summed E-state index contributed by atoms with van der Waals surface area (Å²) in [5.74, 6) is 1.92. The molecule has 0 saturated heterocycles. The minimum Gasteiger partial charge on any atom is -0.319 e. The second-order valence-electron chi connectivity index (χ2n) is 7.70. The molecule has 2 aliphatic carbocycles. The SMILES string of the molecule is CNCC1(CN(CC2CC2)C(C)C)CCCC(C)C1. The summed E-state index contributed by atoms with van der Waals surface area (Å²) in [4.78, 5) is 2.77. The molecule has 2 atom stereocenters. The zero-order valence-corrected chi connectivity index (χ0v) is 13.5. The minimum atomic E-state index is 0.533. The van der Waals surface area contributed by atoms with E-state index in [1.165, 1.54) is 58.2 Å². The van der Waals surface area contributed by atoms with E-state index in [0.29, 0.717) is 11.5 Å². The van der Waals surface area contributed by atoms with Gasteiger partial charge in [-0.15, -0.1) is 0 Å².